The summed E-state index contributed by atoms with van der Waals surface area (Å²) >= 11 is 0. The number of rotatable bonds is 38. The number of benzene rings is 4. The number of ketones is 2. The van der Waals surface area contributed by atoms with Crippen LogP contribution in [0.15, 0.2) is 148 Å². The van der Waals surface area contributed by atoms with E-state index in [1.54, 1.807) is 24.3 Å². The van der Waals surface area contributed by atoms with Crippen LogP contribution in [0.25, 0.3) is 0 Å². The molecule has 0 bridgehead atoms. The van der Waals surface area contributed by atoms with Crippen LogP contribution >= 0.6 is 7.60 Å². The first-order chi connectivity index (χ1) is 45.9. The van der Waals surface area contributed by atoms with Crippen LogP contribution in [0.2, 0.25) is 0 Å². The minimum Gasteiger partial charge on any atom is -0.480 e. The monoisotopic (exact) mass is 1390 g/mol. The molecule has 4 aromatic rings. The molecule has 0 fully saturated rings. The van der Waals surface area contributed by atoms with Gasteiger partial charge in [0.2, 0.25) is 11.6 Å². The Bertz CT molecular complexity index is 3930. The van der Waals surface area contributed by atoms with Crippen molar-refractivity contribution in [1.82, 2.24) is 16.0 Å². The van der Waals surface area contributed by atoms with Crippen LogP contribution < -0.4 is 25.6 Å². The van der Waals surface area contributed by atoms with E-state index in [4.69, 9.17) is 14.5 Å². The van der Waals surface area contributed by atoms with E-state index in [-0.39, 0.29) is 53.1 Å². The van der Waals surface area contributed by atoms with Crippen LogP contribution in [0.3, 0.4) is 0 Å². The largest absolute Gasteiger partial charge is 0.480 e. The highest BCUT2D eigenvalue weighted by Crippen LogP contribution is 2.49. The molecule has 0 spiro atoms. The summed E-state index contributed by atoms with van der Waals surface area (Å²) in [7, 11) is -13.4. The second-order valence-electron chi connectivity index (χ2n) is 26.5. The molecule has 97 heavy (non-hydrogen) atoms. The number of aliphatic carboxylic acids is 1. The number of ether oxygens (including phenoxy) is 1. The van der Waals surface area contributed by atoms with Crippen molar-refractivity contribution < 1.29 is 78.7 Å². The number of allylic oxidation sites excluding steroid dienone is 7. The minimum atomic E-state index is -4.47. The molecule has 3 aliphatic rings. The van der Waals surface area contributed by atoms with E-state index in [9.17, 15) is 59.6 Å². The number of amides is 3. The maximum atomic E-state index is 14.0. The molecule has 0 saturated heterocycles. The number of carbonyl (C=O) groups is 5. The van der Waals surface area contributed by atoms with Crippen molar-refractivity contribution in [3.63, 3.8) is 0 Å². The lowest BCUT2D eigenvalue weighted by molar-refractivity contribution is -0.438. The van der Waals surface area contributed by atoms with Gasteiger partial charge in [0.1, 0.15) is 29.9 Å². The van der Waals surface area contributed by atoms with Crippen LogP contribution in [0, 0.1) is 0 Å². The van der Waals surface area contributed by atoms with Gasteiger partial charge in [-0.1, -0.05) is 102 Å². The summed E-state index contributed by atoms with van der Waals surface area (Å²) in [5.74, 6) is -0.471. The first kappa shape index (κ1) is 77.0. The van der Waals surface area contributed by atoms with E-state index >= 15 is 0 Å². The first-order valence-electron chi connectivity index (χ1n) is 33.9. The maximum absolute atomic E-state index is 14.0. The van der Waals surface area contributed by atoms with Gasteiger partial charge in [-0.15, -0.1) is 0 Å². The smallest absolute Gasteiger partial charge is 0.326 e. The summed E-state index contributed by atoms with van der Waals surface area (Å²) in [5.41, 5.74) is 7.79. The number of hydrogen-bond donors (Lipinski definition) is 8. The van der Waals surface area contributed by atoms with Crippen LogP contribution in [-0.4, -0.2) is 118 Å². The summed E-state index contributed by atoms with van der Waals surface area (Å²) in [6.45, 7) is 14.0. The quantitative estimate of drug-likeness (QED) is 0.00894. The Hall–Kier alpha value is -7.37. The lowest BCUT2D eigenvalue weighted by Crippen LogP contribution is -2.46. The Morgan fingerprint density at radius 1 is 0.691 bits per heavy atom. The van der Waals surface area contributed by atoms with E-state index in [1.807, 2.05) is 54.6 Å². The molecule has 2 aliphatic heterocycles. The number of aryl methyl sites for hydroxylation is 1. The Morgan fingerprint density at radius 2 is 1.35 bits per heavy atom. The van der Waals surface area contributed by atoms with Crippen molar-refractivity contribution in [2.24, 2.45) is 0 Å². The van der Waals surface area contributed by atoms with Gasteiger partial charge in [0.05, 0.1) is 27.4 Å². The number of anilines is 1. The van der Waals surface area contributed by atoms with Gasteiger partial charge in [-0.05, 0) is 173 Å². The van der Waals surface area contributed by atoms with Gasteiger partial charge in [-0.25, -0.2) is 9.59 Å². The molecule has 21 nitrogen and oxygen atoms in total. The van der Waals surface area contributed by atoms with E-state index in [2.05, 4.69) is 91.3 Å². The molecule has 8 N–H and O–H groups in total. The number of carbonyl (C=O) groups excluding carboxylic acids is 4. The van der Waals surface area contributed by atoms with Crippen LogP contribution in [0.1, 0.15) is 186 Å². The average Bonchev–Trinajstić information content (AvgIpc) is 1.60. The number of unbranched alkanes of at least 4 members (excludes halogenated alkanes) is 6. The summed E-state index contributed by atoms with van der Waals surface area (Å²) < 4.78 is 90.3. The van der Waals surface area contributed by atoms with Gasteiger partial charge in [0.15, 0.2) is 11.5 Å². The molecular formula is C73H97N5O16PS2+. The van der Waals surface area contributed by atoms with Crippen molar-refractivity contribution in [2.75, 3.05) is 30.7 Å². The summed E-state index contributed by atoms with van der Waals surface area (Å²) in [4.78, 5) is 83.5. The Morgan fingerprint density at radius 3 is 2.01 bits per heavy atom. The lowest BCUT2D eigenvalue weighted by atomic mass is 9.81. The number of carboxylic acid groups (broad SMARTS) is 1. The zero-order valence-electron chi connectivity index (χ0n) is 56.7. The normalized spacial score (nSPS) is 16.7. The highest BCUT2D eigenvalue weighted by molar-refractivity contribution is 7.86. The Balaban J connectivity index is 1.02. The molecule has 0 saturated carbocycles. The number of nitrogens with one attached hydrogen (secondary N) is 3. The Kier molecular flexibility index (Phi) is 27.7. The number of hydrogen-bond acceptors (Lipinski definition) is 12. The topological polar surface area (TPSA) is 323 Å². The summed E-state index contributed by atoms with van der Waals surface area (Å²) in [5, 5.41) is 16.9. The molecule has 0 aromatic heterocycles. The first-order valence-corrected chi connectivity index (χ1v) is 38.5. The fraction of sp³-hybridized carbons (Fsp3) is 0.479. The fourth-order valence-corrected chi connectivity index (χ4v) is 14.4. The fourth-order valence-electron chi connectivity index (χ4n) is 12.8. The number of Topliss-reactive ketones (excluding diaryl/α,β-unsaturated/α-hetero) is 2. The van der Waals surface area contributed by atoms with E-state index in [0.717, 1.165) is 94.7 Å². The highest BCUT2D eigenvalue weighted by atomic mass is 32.2. The van der Waals surface area contributed by atoms with Crippen molar-refractivity contribution in [2.45, 2.75) is 209 Å². The van der Waals surface area contributed by atoms with E-state index in [0.29, 0.717) is 95.2 Å². The van der Waals surface area contributed by atoms with Gasteiger partial charge < -0.3 is 40.5 Å². The molecule has 7 rings (SSSR count). The van der Waals surface area contributed by atoms with Crippen LogP contribution in [-0.2, 0) is 67.7 Å². The molecule has 24 heteroatoms. The second kappa shape index (κ2) is 34.9. The zero-order chi connectivity index (χ0) is 70.7. The molecule has 2 atom stereocenters. The lowest BCUT2D eigenvalue weighted by Gasteiger charge is -2.27. The predicted octanol–water partition coefficient (Wildman–Crippen LogP) is 12.9. The van der Waals surface area contributed by atoms with Gasteiger partial charge in [-0.2, -0.15) is 21.4 Å². The molecule has 1 aliphatic carbocycles. The zero-order valence-corrected chi connectivity index (χ0v) is 59.2. The Labute approximate surface area is 571 Å². The molecule has 0 radical (unpaired) electrons. The second-order valence-corrected chi connectivity index (χ2v) is 31.1. The van der Waals surface area contributed by atoms with Crippen LogP contribution in [0.4, 0.5) is 16.2 Å². The minimum absolute atomic E-state index is 0.00883. The van der Waals surface area contributed by atoms with Gasteiger partial charge in [-0.3, -0.25) is 28.1 Å². The summed E-state index contributed by atoms with van der Waals surface area (Å²) in [6, 6.07) is 23.9. The third kappa shape index (κ3) is 22.1. The maximum Gasteiger partial charge on any atom is 0.326 e. The van der Waals surface area contributed by atoms with Crippen molar-refractivity contribution >= 4 is 74.4 Å². The van der Waals surface area contributed by atoms with Crippen LogP contribution in [0.5, 0.6) is 5.75 Å². The molecule has 4 aromatic carbocycles. The average molecular weight is 1400 g/mol. The third-order valence-corrected chi connectivity index (χ3v) is 20.8. The molecule has 0 unspecified atom stereocenters. The van der Waals surface area contributed by atoms with Crippen molar-refractivity contribution in [3.05, 3.63) is 160 Å². The van der Waals surface area contributed by atoms with Crippen molar-refractivity contribution in [3.8, 4) is 5.75 Å². The number of nitrogens with zero attached hydrogens (tertiary/aromatic N) is 2. The molecular weight excluding hydrogens is 1300 g/mol. The number of carboxylic acids is 1. The SMILES string of the molecule is CCCCC[N+]1=C(/C=C/C2=C(Oc3ccc(CCCC(=O)[C@@H](Cc4ccccc4)NC(=O)CCCCCCC(=O)CCCNC(=O)N[C@H](CCP(=O)(O)O)C(=O)O)cc3)C(=C/C=C3/N(CCCC)c4ccc(S(=O)(=O)O)cc4C3(C)C)/CCC2)C(C)(C)c2cc(S(=O)(=O)O)ccc21. The van der Waals surface area contributed by atoms with Crippen molar-refractivity contribution in [1.29, 1.82) is 0 Å². The molecule has 2 heterocycles. The van der Waals surface area contributed by atoms with E-state index < -0.39 is 75.3 Å². The summed E-state index contributed by atoms with van der Waals surface area (Å²) in [6.07, 6.45) is 19.5. The van der Waals surface area contributed by atoms with Gasteiger partial charge in [0.25, 0.3) is 20.2 Å². The molecule has 526 valence electrons. The number of fused-ring (bicyclic) bond motifs is 2. The van der Waals surface area contributed by atoms with Gasteiger partial charge in [0, 0.05) is 79.7 Å². The highest BCUT2D eigenvalue weighted by Gasteiger charge is 2.45. The third-order valence-electron chi connectivity index (χ3n) is 18.3. The van der Waals surface area contributed by atoms with E-state index in [1.165, 1.54) is 12.1 Å². The number of urea groups is 1. The van der Waals surface area contributed by atoms with Gasteiger partial charge >= 0.3 is 19.6 Å². The predicted molar refractivity (Wildman–Crippen MR) is 375 cm³/mol. The standard InChI is InChI=1S/C73H96N5O16PS2/c1-7-9-18-46-78-64-40-38-58(97(91,92)93)50-60(64)73(5,6)67(78)42-34-54-26-20-25-53(33-41-66-72(3,4)59-49-57(96(88,89)90)37-39-63(59)77(66)45-10-8-2)69(54)94-56-35-31-51(32-36-56)24-19-29-65(80)62(48-52-22-14-13-15-23-52)75-68(81)30-17-12-11-16-27-55(79)28-21-44-74-71(84)76-61(70(82)83)43-47-95(85,86)87/h13-15,22-23,31-42,49-50,61-62H,7-12,16-21,24-30,43-48H2,1-6H3,(H7-,74,75,76,81,82,83,84,85,86,87,88,89,90,91,92,93)/p+1/t61-,62-/m1/s1. The molecule has 3 amide bonds.